The van der Waals surface area contributed by atoms with Gasteiger partial charge in [0.25, 0.3) is 0 Å². The number of amides is 2. The summed E-state index contributed by atoms with van der Waals surface area (Å²) in [4.78, 5) is 26.4. The minimum Gasteiger partial charge on any atom is -0.380 e. The topological polar surface area (TPSA) is 58.6 Å². The van der Waals surface area contributed by atoms with E-state index >= 15 is 0 Å². The first-order valence-electron chi connectivity index (χ1n) is 7.31. The van der Waals surface area contributed by atoms with Crippen LogP contribution in [0.1, 0.15) is 46.0 Å². The molecule has 5 nitrogen and oxygen atoms in total. The average molecular weight is 268 g/mol. The zero-order valence-electron chi connectivity index (χ0n) is 11.9. The molecule has 1 unspecified atom stereocenters. The molecule has 2 fully saturated rings. The first-order chi connectivity index (χ1) is 9.10. The lowest BCUT2D eigenvalue weighted by atomic mass is 9.91. The summed E-state index contributed by atoms with van der Waals surface area (Å²) in [5.41, 5.74) is -0.617. The number of hydrogen-bond acceptors (Lipinski definition) is 3. The first-order valence-corrected chi connectivity index (χ1v) is 7.31. The normalized spacial score (nSPS) is 26.0. The van der Waals surface area contributed by atoms with Crippen molar-refractivity contribution in [1.82, 2.24) is 10.2 Å². The highest BCUT2D eigenvalue weighted by atomic mass is 16.5. The smallest absolute Gasteiger partial charge is 0.249 e. The zero-order chi connectivity index (χ0) is 13.9. The Balaban J connectivity index is 2.02. The lowest BCUT2D eigenvalue weighted by molar-refractivity contribution is -0.154. The number of nitrogens with zero attached hydrogens (tertiary/aromatic N) is 1. The van der Waals surface area contributed by atoms with Crippen molar-refractivity contribution < 1.29 is 14.3 Å². The van der Waals surface area contributed by atoms with Crippen molar-refractivity contribution >= 4 is 11.8 Å². The van der Waals surface area contributed by atoms with Crippen LogP contribution in [0.5, 0.6) is 0 Å². The van der Waals surface area contributed by atoms with E-state index in [1.807, 2.05) is 0 Å². The third kappa shape index (κ3) is 2.76. The summed E-state index contributed by atoms with van der Waals surface area (Å²) in [6, 6.07) is -0.385. The maximum absolute atomic E-state index is 12.6. The fraction of sp³-hybridized carbons (Fsp3) is 0.857. The molecule has 1 saturated heterocycles. The second-order valence-electron chi connectivity index (χ2n) is 5.57. The Morgan fingerprint density at radius 1 is 1.32 bits per heavy atom. The summed E-state index contributed by atoms with van der Waals surface area (Å²) in [5.74, 6) is 0.0502. The van der Waals surface area contributed by atoms with Crippen molar-refractivity contribution in [2.45, 2.75) is 57.5 Å². The Kier molecular flexibility index (Phi) is 4.45. The van der Waals surface area contributed by atoms with Gasteiger partial charge in [0, 0.05) is 13.2 Å². The van der Waals surface area contributed by atoms with Crippen LogP contribution in [0.2, 0.25) is 0 Å². The van der Waals surface area contributed by atoms with Crippen LogP contribution in [0.15, 0.2) is 0 Å². The van der Waals surface area contributed by atoms with Gasteiger partial charge in [-0.1, -0.05) is 19.8 Å². The lowest BCUT2D eigenvalue weighted by Gasteiger charge is -2.43. The molecule has 0 bridgehead atoms. The summed E-state index contributed by atoms with van der Waals surface area (Å²) >= 11 is 0. The van der Waals surface area contributed by atoms with E-state index in [9.17, 15) is 9.59 Å². The Bertz CT molecular complexity index is 351. The average Bonchev–Trinajstić information content (AvgIpc) is 2.85. The maximum Gasteiger partial charge on any atom is 0.249 e. The monoisotopic (exact) mass is 268 g/mol. The lowest BCUT2D eigenvalue weighted by Crippen LogP contribution is -2.69. The molecule has 1 heterocycles. The van der Waals surface area contributed by atoms with Gasteiger partial charge in [-0.05, 0) is 26.2 Å². The van der Waals surface area contributed by atoms with Crippen LogP contribution in [-0.4, -0.2) is 48.1 Å². The van der Waals surface area contributed by atoms with Crippen LogP contribution < -0.4 is 5.32 Å². The van der Waals surface area contributed by atoms with E-state index in [0.29, 0.717) is 19.8 Å². The minimum absolute atomic E-state index is 0.0306. The molecule has 0 aromatic carbocycles. The highest BCUT2D eigenvalue weighted by molar-refractivity contribution is 5.99. The van der Waals surface area contributed by atoms with E-state index in [2.05, 4.69) is 12.2 Å². The van der Waals surface area contributed by atoms with Crippen molar-refractivity contribution in [2.24, 2.45) is 0 Å². The molecule has 2 aliphatic rings. The Labute approximate surface area is 114 Å². The number of nitrogens with one attached hydrogen (secondary N) is 1. The fourth-order valence-electron chi connectivity index (χ4n) is 3.01. The van der Waals surface area contributed by atoms with Crippen molar-refractivity contribution in [1.29, 1.82) is 0 Å². The second-order valence-corrected chi connectivity index (χ2v) is 5.57. The third-order valence-electron chi connectivity index (χ3n) is 4.16. The van der Waals surface area contributed by atoms with Crippen LogP contribution in [0.4, 0.5) is 0 Å². The fourth-order valence-corrected chi connectivity index (χ4v) is 3.01. The van der Waals surface area contributed by atoms with Gasteiger partial charge in [0.15, 0.2) is 0 Å². The SMILES string of the molecule is CCCOCCN1C(=O)C2(CCCC2)NC(=O)C1C. The number of carbonyl (C=O) groups is 2. The summed E-state index contributed by atoms with van der Waals surface area (Å²) in [7, 11) is 0. The zero-order valence-corrected chi connectivity index (χ0v) is 11.9. The quantitative estimate of drug-likeness (QED) is 0.759. The van der Waals surface area contributed by atoms with E-state index in [1.165, 1.54) is 0 Å². The predicted octanol–water partition coefficient (Wildman–Crippen LogP) is 1.07. The predicted molar refractivity (Wildman–Crippen MR) is 71.6 cm³/mol. The number of piperazine rings is 1. The molecule has 0 aromatic rings. The summed E-state index contributed by atoms with van der Waals surface area (Å²) in [5, 5.41) is 2.95. The molecule has 1 atom stereocenters. The van der Waals surface area contributed by atoms with Crippen molar-refractivity contribution in [2.75, 3.05) is 19.8 Å². The van der Waals surface area contributed by atoms with Gasteiger partial charge in [0.05, 0.1) is 6.61 Å². The molecular weight excluding hydrogens is 244 g/mol. The Morgan fingerprint density at radius 3 is 2.63 bits per heavy atom. The molecule has 1 N–H and O–H groups in total. The van der Waals surface area contributed by atoms with E-state index in [0.717, 1.165) is 32.1 Å². The van der Waals surface area contributed by atoms with Gasteiger partial charge < -0.3 is 15.0 Å². The van der Waals surface area contributed by atoms with Gasteiger partial charge in [-0.25, -0.2) is 0 Å². The van der Waals surface area contributed by atoms with Gasteiger partial charge >= 0.3 is 0 Å². The van der Waals surface area contributed by atoms with E-state index in [4.69, 9.17) is 4.74 Å². The van der Waals surface area contributed by atoms with E-state index in [-0.39, 0.29) is 17.9 Å². The Hall–Kier alpha value is -1.10. The highest BCUT2D eigenvalue weighted by Crippen LogP contribution is 2.34. The van der Waals surface area contributed by atoms with Crippen LogP contribution in [-0.2, 0) is 14.3 Å². The van der Waals surface area contributed by atoms with Crippen LogP contribution in [0.3, 0.4) is 0 Å². The van der Waals surface area contributed by atoms with Crippen molar-refractivity contribution in [3.63, 3.8) is 0 Å². The van der Waals surface area contributed by atoms with Crippen molar-refractivity contribution in [3.05, 3.63) is 0 Å². The molecule has 5 heteroatoms. The number of hydrogen-bond donors (Lipinski definition) is 1. The summed E-state index contributed by atoms with van der Waals surface area (Å²) < 4.78 is 5.44. The van der Waals surface area contributed by atoms with Crippen LogP contribution in [0, 0.1) is 0 Å². The van der Waals surface area contributed by atoms with Gasteiger partial charge in [-0.3, -0.25) is 9.59 Å². The third-order valence-corrected chi connectivity index (χ3v) is 4.16. The minimum atomic E-state index is -0.617. The summed E-state index contributed by atoms with van der Waals surface area (Å²) in [6.45, 7) is 5.56. The van der Waals surface area contributed by atoms with Gasteiger partial charge in [-0.15, -0.1) is 0 Å². The number of carbonyl (C=O) groups excluding carboxylic acids is 2. The van der Waals surface area contributed by atoms with Crippen molar-refractivity contribution in [3.8, 4) is 0 Å². The number of ether oxygens (including phenoxy) is 1. The maximum atomic E-state index is 12.6. The second kappa shape index (κ2) is 5.90. The van der Waals surface area contributed by atoms with Crippen LogP contribution >= 0.6 is 0 Å². The first kappa shape index (κ1) is 14.3. The molecule has 1 spiro atoms. The molecule has 19 heavy (non-hydrogen) atoms. The molecule has 0 aromatic heterocycles. The molecule has 108 valence electrons. The summed E-state index contributed by atoms with van der Waals surface area (Å²) in [6.07, 6.45) is 4.54. The molecular formula is C14H24N2O3. The largest absolute Gasteiger partial charge is 0.380 e. The highest BCUT2D eigenvalue weighted by Gasteiger charge is 2.50. The molecule has 2 rings (SSSR count). The molecule has 2 amide bonds. The molecule has 0 radical (unpaired) electrons. The van der Waals surface area contributed by atoms with Gasteiger partial charge in [0.1, 0.15) is 11.6 Å². The standard InChI is InChI=1S/C14H24N2O3/c1-3-9-19-10-8-16-11(2)12(17)15-14(13(16)18)6-4-5-7-14/h11H,3-10H2,1-2H3,(H,15,17). The molecule has 1 aliphatic heterocycles. The number of rotatable bonds is 5. The van der Waals surface area contributed by atoms with E-state index in [1.54, 1.807) is 11.8 Å². The van der Waals surface area contributed by atoms with Gasteiger partial charge in [0.2, 0.25) is 11.8 Å². The Morgan fingerprint density at radius 2 is 2.00 bits per heavy atom. The van der Waals surface area contributed by atoms with Crippen LogP contribution in [0.25, 0.3) is 0 Å². The van der Waals surface area contributed by atoms with Gasteiger partial charge in [-0.2, -0.15) is 0 Å². The molecule has 1 saturated carbocycles. The molecule has 1 aliphatic carbocycles. The van der Waals surface area contributed by atoms with E-state index < -0.39 is 5.54 Å².